The minimum Gasteiger partial charge on any atom is -0.444 e. The maximum absolute atomic E-state index is 12.0. The molecule has 1 atom stereocenters. The molecule has 0 aromatic carbocycles. The highest BCUT2D eigenvalue weighted by Crippen LogP contribution is 2.23. The Morgan fingerprint density at radius 3 is 2.50 bits per heavy atom. The number of likely N-dealkylation sites (tertiary alicyclic amines) is 1. The summed E-state index contributed by atoms with van der Waals surface area (Å²) in [5, 5.41) is 0. The van der Waals surface area contributed by atoms with Crippen LogP contribution in [0.5, 0.6) is 0 Å². The van der Waals surface area contributed by atoms with Crippen molar-refractivity contribution in [1.29, 1.82) is 0 Å². The number of ketones is 1. The molecule has 1 unspecified atom stereocenters. The largest absolute Gasteiger partial charge is 0.444 e. The molecule has 0 aliphatic carbocycles. The molecule has 1 fully saturated rings. The lowest BCUT2D eigenvalue weighted by molar-refractivity contribution is -0.118. The van der Waals surface area contributed by atoms with Crippen LogP contribution in [0.25, 0.3) is 0 Å². The molecule has 0 saturated carbocycles. The number of hydrogen-bond donors (Lipinski definition) is 1. The van der Waals surface area contributed by atoms with Gasteiger partial charge in [0.1, 0.15) is 11.4 Å². The first kappa shape index (κ1) is 15.0. The Morgan fingerprint density at radius 2 is 2.00 bits per heavy atom. The maximum Gasteiger partial charge on any atom is 0.410 e. The number of nitrogens with two attached hydrogens (primary N) is 1. The Kier molecular flexibility index (Phi) is 4.37. The smallest absolute Gasteiger partial charge is 0.410 e. The van der Waals surface area contributed by atoms with E-state index in [4.69, 9.17) is 10.5 Å². The van der Waals surface area contributed by atoms with Gasteiger partial charge in [0.15, 0.2) is 0 Å². The van der Waals surface area contributed by atoms with E-state index in [1.807, 2.05) is 20.8 Å². The van der Waals surface area contributed by atoms with E-state index >= 15 is 0 Å². The third-order valence-electron chi connectivity index (χ3n) is 2.86. The van der Waals surface area contributed by atoms with Crippen LogP contribution < -0.4 is 5.73 Å². The van der Waals surface area contributed by atoms with E-state index in [0.29, 0.717) is 19.5 Å². The topological polar surface area (TPSA) is 72.6 Å². The van der Waals surface area contributed by atoms with E-state index in [9.17, 15) is 9.59 Å². The summed E-state index contributed by atoms with van der Waals surface area (Å²) in [7, 11) is 0. The van der Waals surface area contributed by atoms with E-state index in [2.05, 4.69) is 0 Å². The highest BCUT2D eigenvalue weighted by atomic mass is 16.6. The second-order valence-electron chi connectivity index (χ2n) is 6.25. The minimum absolute atomic E-state index is 0.0588. The Bertz CT molecular complexity index is 336. The SMILES string of the molecule is CC(=O)CC1(N)CCCN(C(=O)OC(C)(C)C)C1. The second kappa shape index (κ2) is 5.26. The van der Waals surface area contributed by atoms with Gasteiger partial charge in [-0.3, -0.25) is 4.79 Å². The predicted molar refractivity (Wildman–Crippen MR) is 69.3 cm³/mol. The van der Waals surface area contributed by atoms with Crippen LogP contribution in [0, 0.1) is 0 Å². The van der Waals surface area contributed by atoms with Crippen LogP contribution in [0.1, 0.15) is 47.0 Å². The van der Waals surface area contributed by atoms with Crippen LogP contribution in [0.3, 0.4) is 0 Å². The molecule has 0 radical (unpaired) electrons. The summed E-state index contributed by atoms with van der Waals surface area (Å²) in [4.78, 5) is 24.8. The van der Waals surface area contributed by atoms with Gasteiger partial charge in [0.05, 0.1) is 0 Å². The fourth-order valence-electron chi connectivity index (χ4n) is 2.28. The molecular formula is C13H24N2O3. The summed E-state index contributed by atoms with van der Waals surface area (Å²) >= 11 is 0. The zero-order valence-electron chi connectivity index (χ0n) is 11.8. The molecular weight excluding hydrogens is 232 g/mol. The van der Waals surface area contributed by atoms with Crippen LogP contribution in [-0.4, -0.2) is 41.0 Å². The maximum atomic E-state index is 12.0. The predicted octanol–water partition coefficient (Wildman–Crippen LogP) is 1.69. The monoisotopic (exact) mass is 256 g/mol. The van der Waals surface area contributed by atoms with Gasteiger partial charge < -0.3 is 15.4 Å². The number of Topliss-reactive ketones (excluding diaryl/α,β-unsaturated/α-hetero) is 1. The standard InChI is InChI=1S/C13H24N2O3/c1-10(16)8-13(14)6-5-7-15(9-13)11(17)18-12(2,3)4/h5-9,14H2,1-4H3. The highest BCUT2D eigenvalue weighted by molar-refractivity contribution is 5.77. The minimum atomic E-state index is -0.596. The van der Waals surface area contributed by atoms with Gasteiger partial charge >= 0.3 is 6.09 Å². The number of piperidine rings is 1. The van der Waals surface area contributed by atoms with Gasteiger partial charge in [-0.15, -0.1) is 0 Å². The number of nitrogens with zero attached hydrogens (tertiary/aromatic N) is 1. The van der Waals surface area contributed by atoms with Crippen molar-refractivity contribution in [2.75, 3.05) is 13.1 Å². The van der Waals surface area contributed by atoms with Gasteiger partial charge in [0.2, 0.25) is 0 Å². The van der Waals surface area contributed by atoms with Crippen molar-refractivity contribution in [2.45, 2.75) is 58.1 Å². The van der Waals surface area contributed by atoms with E-state index < -0.39 is 11.1 Å². The van der Waals surface area contributed by atoms with E-state index in [1.165, 1.54) is 6.92 Å². The molecule has 2 N–H and O–H groups in total. The lowest BCUT2D eigenvalue weighted by atomic mass is 9.86. The van der Waals surface area contributed by atoms with Gasteiger partial charge in [-0.2, -0.15) is 0 Å². The Balaban J connectivity index is 2.63. The molecule has 1 rings (SSSR count). The molecule has 0 aromatic rings. The van der Waals surface area contributed by atoms with Crippen molar-refractivity contribution in [3.05, 3.63) is 0 Å². The summed E-state index contributed by atoms with van der Waals surface area (Å²) in [6.45, 7) is 8.06. The van der Waals surface area contributed by atoms with Gasteiger partial charge in [-0.1, -0.05) is 0 Å². The fraction of sp³-hybridized carbons (Fsp3) is 0.846. The third kappa shape index (κ3) is 4.64. The molecule has 0 spiro atoms. The summed E-state index contributed by atoms with van der Waals surface area (Å²) in [6.07, 6.45) is 1.54. The van der Waals surface area contributed by atoms with Crippen molar-refractivity contribution < 1.29 is 14.3 Å². The summed E-state index contributed by atoms with van der Waals surface area (Å²) in [5.41, 5.74) is 5.08. The number of rotatable bonds is 2. The molecule has 1 aliphatic heterocycles. The summed E-state index contributed by atoms with van der Waals surface area (Å²) in [5.74, 6) is 0.0588. The van der Waals surface area contributed by atoms with Gasteiger partial charge in [0.25, 0.3) is 0 Å². The van der Waals surface area contributed by atoms with Crippen LogP contribution in [-0.2, 0) is 9.53 Å². The molecule has 5 heteroatoms. The molecule has 104 valence electrons. The van der Waals surface area contributed by atoms with E-state index in [-0.39, 0.29) is 11.9 Å². The van der Waals surface area contributed by atoms with Crippen LogP contribution in [0.15, 0.2) is 0 Å². The molecule has 5 nitrogen and oxygen atoms in total. The lowest BCUT2D eigenvalue weighted by Crippen LogP contribution is -2.57. The number of carbonyl (C=O) groups is 2. The highest BCUT2D eigenvalue weighted by Gasteiger charge is 2.36. The van der Waals surface area contributed by atoms with E-state index in [1.54, 1.807) is 4.90 Å². The molecule has 1 aliphatic rings. The normalized spacial score (nSPS) is 24.8. The second-order valence-corrected chi connectivity index (χ2v) is 6.25. The van der Waals surface area contributed by atoms with Crippen LogP contribution in [0.4, 0.5) is 4.79 Å². The van der Waals surface area contributed by atoms with Gasteiger partial charge in [-0.25, -0.2) is 4.79 Å². The number of carbonyl (C=O) groups excluding carboxylic acids is 2. The average Bonchev–Trinajstić information content (AvgIpc) is 2.12. The number of hydrogen-bond acceptors (Lipinski definition) is 4. The summed E-state index contributed by atoms with van der Waals surface area (Å²) < 4.78 is 5.32. The number of ether oxygens (including phenoxy) is 1. The van der Waals surface area contributed by atoms with Gasteiger partial charge in [0, 0.05) is 25.0 Å². The number of amides is 1. The zero-order valence-corrected chi connectivity index (χ0v) is 11.8. The molecule has 0 bridgehead atoms. The van der Waals surface area contributed by atoms with E-state index in [0.717, 1.165) is 12.8 Å². The lowest BCUT2D eigenvalue weighted by Gasteiger charge is -2.40. The molecule has 18 heavy (non-hydrogen) atoms. The van der Waals surface area contributed by atoms with Crippen molar-refractivity contribution in [2.24, 2.45) is 5.73 Å². The first-order valence-electron chi connectivity index (χ1n) is 6.38. The van der Waals surface area contributed by atoms with Crippen LogP contribution in [0.2, 0.25) is 0 Å². The van der Waals surface area contributed by atoms with Crippen molar-refractivity contribution in [3.8, 4) is 0 Å². The molecule has 1 saturated heterocycles. The van der Waals surface area contributed by atoms with Crippen molar-refractivity contribution in [1.82, 2.24) is 4.90 Å². The van der Waals surface area contributed by atoms with Crippen molar-refractivity contribution >= 4 is 11.9 Å². The molecule has 1 amide bonds. The Morgan fingerprint density at radius 1 is 1.39 bits per heavy atom. The quantitative estimate of drug-likeness (QED) is 0.816. The van der Waals surface area contributed by atoms with Crippen LogP contribution >= 0.6 is 0 Å². The third-order valence-corrected chi connectivity index (χ3v) is 2.86. The molecule has 1 heterocycles. The Hall–Kier alpha value is -1.10. The first-order valence-corrected chi connectivity index (χ1v) is 6.38. The molecule has 0 aromatic heterocycles. The first-order chi connectivity index (χ1) is 8.11. The zero-order chi connectivity index (χ0) is 14.0. The van der Waals surface area contributed by atoms with Gasteiger partial charge in [-0.05, 0) is 40.5 Å². The van der Waals surface area contributed by atoms with Crippen molar-refractivity contribution in [3.63, 3.8) is 0 Å². The fourth-order valence-corrected chi connectivity index (χ4v) is 2.28. The summed E-state index contributed by atoms with van der Waals surface area (Å²) in [6, 6.07) is 0. The average molecular weight is 256 g/mol. The Labute approximate surface area is 109 Å².